The lowest BCUT2D eigenvalue weighted by Crippen LogP contribution is -2.25. The Balaban J connectivity index is 2.21. The van der Waals surface area contributed by atoms with Crippen molar-refractivity contribution in [3.05, 3.63) is 47.5 Å². The maximum absolute atomic E-state index is 4.09. The molecule has 0 aliphatic rings. The fourth-order valence-corrected chi connectivity index (χ4v) is 2.42. The monoisotopic (exact) mass is 249 g/mol. The van der Waals surface area contributed by atoms with Gasteiger partial charge in [-0.2, -0.15) is 11.8 Å². The number of benzene rings is 1. The van der Waals surface area contributed by atoms with Crippen molar-refractivity contribution in [3.63, 3.8) is 0 Å². The average Bonchev–Trinajstić information content (AvgIpc) is 2.26. The lowest BCUT2D eigenvalue weighted by atomic mass is 10.2. The normalized spacial score (nSPS) is 10.8. The predicted octanol–water partition coefficient (Wildman–Crippen LogP) is 3.78. The van der Waals surface area contributed by atoms with E-state index in [1.807, 2.05) is 11.8 Å². The first-order valence-electron chi connectivity index (χ1n) is 6.11. The Morgan fingerprint density at radius 2 is 2.18 bits per heavy atom. The van der Waals surface area contributed by atoms with Gasteiger partial charge < -0.3 is 5.32 Å². The Labute approximate surface area is 110 Å². The van der Waals surface area contributed by atoms with Crippen LogP contribution in [-0.4, -0.2) is 18.3 Å². The van der Waals surface area contributed by atoms with E-state index in [0.29, 0.717) is 6.04 Å². The van der Waals surface area contributed by atoms with E-state index in [1.54, 1.807) is 0 Å². The highest BCUT2D eigenvalue weighted by atomic mass is 32.2. The zero-order valence-corrected chi connectivity index (χ0v) is 11.9. The van der Waals surface area contributed by atoms with E-state index in [9.17, 15) is 0 Å². The molecule has 2 heteroatoms. The van der Waals surface area contributed by atoms with Crippen molar-refractivity contribution in [2.75, 3.05) is 12.3 Å². The second kappa shape index (κ2) is 7.57. The summed E-state index contributed by atoms with van der Waals surface area (Å²) in [7, 11) is 0. The van der Waals surface area contributed by atoms with Gasteiger partial charge in [0.2, 0.25) is 0 Å². The molecule has 1 rings (SSSR count). The van der Waals surface area contributed by atoms with Crippen LogP contribution in [0.25, 0.3) is 0 Å². The van der Waals surface area contributed by atoms with Crippen molar-refractivity contribution in [1.29, 1.82) is 0 Å². The van der Waals surface area contributed by atoms with Crippen LogP contribution in [0.2, 0.25) is 0 Å². The van der Waals surface area contributed by atoms with Crippen molar-refractivity contribution in [2.45, 2.75) is 32.6 Å². The van der Waals surface area contributed by atoms with Crippen molar-refractivity contribution >= 4 is 11.8 Å². The third-order valence-electron chi connectivity index (χ3n) is 2.42. The molecule has 94 valence electrons. The Hall–Kier alpha value is -0.730. The summed E-state index contributed by atoms with van der Waals surface area (Å²) in [4.78, 5) is 0. The number of hydrogen-bond acceptors (Lipinski definition) is 2. The SMILES string of the molecule is C=C(CNC(C)C)CSCc1cccc(C)c1. The summed E-state index contributed by atoms with van der Waals surface area (Å²) in [6.45, 7) is 11.5. The second-order valence-corrected chi connectivity index (χ2v) is 5.75. The highest BCUT2D eigenvalue weighted by molar-refractivity contribution is 7.98. The van der Waals surface area contributed by atoms with E-state index in [4.69, 9.17) is 0 Å². The lowest BCUT2D eigenvalue weighted by molar-refractivity contribution is 0.623. The minimum absolute atomic E-state index is 0.536. The van der Waals surface area contributed by atoms with Gasteiger partial charge >= 0.3 is 0 Å². The number of nitrogens with one attached hydrogen (secondary N) is 1. The van der Waals surface area contributed by atoms with Gasteiger partial charge in [0.05, 0.1) is 0 Å². The maximum atomic E-state index is 4.09. The van der Waals surface area contributed by atoms with Crippen LogP contribution in [0.1, 0.15) is 25.0 Å². The third-order valence-corrected chi connectivity index (χ3v) is 3.57. The molecule has 1 nitrogen and oxygen atoms in total. The number of thioether (sulfide) groups is 1. The Morgan fingerprint density at radius 1 is 1.41 bits per heavy atom. The molecule has 0 heterocycles. The molecule has 0 aromatic heterocycles. The molecule has 0 aliphatic carbocycles. The molecule has 1 aromatic carbocycles. The zero-order valence-electron chi connectivity index (χ0n) is 11.1. The average molecular weight is 249 g/mol. The summed E-state index contributed by atoms with van der Waals surface area (Å²) >= 11 is 1.94. The van der Waals surface area contributed by atoms with E-state index in [-0.39, 0.29) is 0 Å². The molecule has 0 radical (unpaired) electrons. The van der Waals surface area contributed by atoms with Crippen molar-refractivity contribution in [1.82, 2.24) is 5.32 Å². The number of hydrogen-bond donors (Lipinski definition) is 1. The Bertz CT molecular complexity index is 358. The highest BCUT2D eigenvalue weighted by Gasteiger charge is 1.98. The first kappa shape index (κ1) is 14.3. The van der Waals surface area contributed by atoms with Gasteiger partial charge in [-0.25, -0.2) is 0 Å². The third kappa shape index (κ3) is 6.54. The minimum atomic E-state index is 0.536. The summed E-state index contributed by atoms with van der Waals surface area (Å²) < 4.78 is 0. The smallest absolute Gasteiger partial charge is 0.0187 e. The van der Waals surface area contributed by atoms with E-state index in [2.05, 4.69) is 56.9 Å². The molecule has 0 saturated heterocycles. The summed E-state index contributed by atoms with van der Waals surface area (Å²) in [5.41, 5.74) is 4.01. The van der Waals surface area contributed by atoms with Gasteiger partial charge in [-0.3, -0.25) is 0 Å². The predicted molar refractivity (Wildman–Crippen MR) is 79.6 cm³/mol. The van der Waals surface area contributed by atoms with Crippen LogP contribution in [0, 0.1) is 6.92 Å². The molecular formula is C15H23NS. The fourth-order valence-electron chi connectivity index (χ4n) is 1.51. The Kier molecular flexibility index (Phi) is 6.38. The van der Waals surface area contributed by atoms with Gasteiger partial charge in [-0.15, -0.1) is 0 Å². The van der Waals surface area contributed by atoms with Crippen LogP contribution in [0.15, 0.2) is 36.4 Å². The molecule has 0 amide bonds. The molecule has 0 bridgehead atoms. The maximum Gasteiger partial charge on any atom is 0.0187 e. The van der Waals surface area contributed by atoms with Crippen molar-refractivity contribution in [2.24, 2.45) is 0 Å². The summed E-state index contributed by atoms with van der Waals surface area (Å²) in [5.74, 6) is 2.11. The van der Waals surface area contributed by atoms with Crippen LogP contribution in [0.5, 0.6) is 0 Å². The van der Waals surface area contributed by atoms with Crippen molar-refractivity contribution in [3.8, 4) is 0 Å². The molecule has 1 N–H and O–H groups in total. The van der Waals surface area contributed by atoms with Gasteiger partial charge in [-0.1, -0.05) is 55.8 Å². The van der Waals surface area contributed by atoms with Crippen LogP contribution in [-0.2, 0) is 5.75 Å². The van der Waals surface area contributed by atoms with Crippen LogP contribution in [0.3, 0.4) is 0 Å². The van der Waals surface area contributed by atoms with Crippen molar-refractivity contribution < 1.29 is 0 Å². The van der Waals surface area contributed by atoms with Crippen LogP contribution in [0.4, 0.5) is 0 Å². The van der Waals surface area contributed by atoms with Gasteiger partial charge in [0.1, 0.15) is 0 Å². The van der Waals surface area contributed by atoms with Crippen LogP contribution < -0.4 is 5.32 Å². The topological polar surface area (TPSA) is 12.0 Å². The minimum Gasteiger partial charge on any atom is -0.311 e. The molecule has 0 aliphatic heterocycles. The van der Waals surface area contributed by atoms with Crippen LogP contribution >= 0.6 is 11.8 Å². The lowest BCUT2D eigenvalue weighted by Gasteiger charge is -2.10. The summed E-state index contributed by atoms with van der Waals surface area (Å²) in [6, 6.07) is 9.24. The second-order valence-electron chi connectivity index (χ2n) is 4.77. The van der Waals surface area contributed by atoms with Gasteiger partial charge in [-0.05, 0) is 12.5 Å². The molecular weight excluding hydrogens is 226 g/mol. The first-order valence-corrected chi connectivity index (χ1v) is 7.26. The number of rotatable bonds is 7. The highest BCUT2D eigenvalue weighted by Crippen LogP contribution is 2.15. The van der Waals surface area contributed by atoms with E-state index in [1.165, 1.54) is 16.7 Å². The standard InChI is InChI=1S/C15H23NS/c1-12(2)16-9-14(4)10-17-11-15-7-5-6-13(3)8-15/h5-8,12,16H,4,9-11H2,1-3H3. The number of aryl methyl sites for hydroxylation is 1. The molecule has 0 atom stereocenters. The molecule has 1 aromatic rings. The largest absolute Gasteiger partial charge is 0.311 e. The molecule has 17 heavy (non-hydrogen) atoms. The van der Waals surface area contributed by atoms with Gasteiger partial charge in [0.15, 0.2) is 0 Å². The molecule has 0 fully saturated rings. The first-order chi connectivity index (χ1) is 8.08. The quantitative estimate of drug-likeness (QED) is 0.738. The summed E-state index contributed by atoms with van der Waals surface area (Å²) in [6.07, 6.45) is 0. The molecule has 0 saturated carbocycles. The van der Waals surface area contributed by atoms with E-state index in [0.717, 1.165) is 18.1 Å². The summed E-state index contributed by atoms with van der Waals surface area (Å²) in [5, 5.41) is 3.39. The zero-order chi connectivity index (χ0) is 12.7. The fraction of sp³-hybridized carbons (Fsp3) is 0.467. The molecule has 0 unspecified atom stereocenters. The van der Waals surface area contributed by atoms with E-state index >= 15 is 0 Å². The van der Waals surface area contributed by atoms with Gasteiger partial charge in [0, 0.05) is 24.1 Å². The van der Waals surface area contributed by atoms with E-state index < -0.39 is 0 Å². The van der Waals surface area contributed by atoms with Gasteiger partial charge in [0.25, 0.3) is 0 Å². The molecule has 0 spiro atoms. The Morgan fingerprint density at radius 3 is 2.82 bits per heavy atom.